The first-order valence-electron chi connectivity index (χ1n) is 9.74. The highest BCUT2D eigenvalue weighted by Crippen LogP contribution is 2.32. The Hall–Kier alpha value is -3.39. The summed E-state index contributed by atoms with van der Waals surface area (Å²) >= 11 is 0. The fourth-order valence-corrected chi connectivity index (χ4v) is 3.60. The van der Waals surface area contributed by atoms with Crippen molar-refractivity contribution in [2.45, 2.75) is 18.9 Å². The number of ether oxygens (including phenoxy) is 1. The predicted molar refractivity (Wildman–Crippen MR) is 111 cm³/mol. The van der Waals surface area contributed by atoms with Gasteiger partial charge in [0.1, 0.15) is 18.2 Å². The van der Waals surface area contributed by atoms with Crippen LogP contribution >= 0.6 is 0 Å². The molecule has 8 heteroatoms. The number of hydrogen-bond acceptors (Lipinski definition) is 6. The average Bonchev–Trinajstić information content (AvgIpc) is 3.25. The number of rotatable bonds is 6. The first kappa shape index (κ1) is 19.9. The largest absolute Gasteiger partial charge is 0.375 e. The smallest absolute Gasteiger partial charge is 0.249 e. The van der Waals surface area contributed by atoms with Crippen molar-refractivity contribution in [1.82, 2.24) is 19.9 Å². The highest BCUT2D eigenvalue weighted by molar-refractivity contribution is 5.78. The maximum absolute atomic E-state index is 13.6. The number of carbonyl (C=O) groups is 1. The number of aromatic nitrogens is 3. The van der Waals surface area contributed by atoms with Crippen molar-refractivity contribution < 1.29 is 13.9 Å². The van der Waals surface area contributed by atoms with Crippen LogP contribution in [0.4, 0.5) is 15.9 Å². The fourth-order valence-electron chi connectivity index (χ4n) is 3.60. The molecular weight excluding hydrogens is 385 g/mol. The maximum atomic E-state index is 13.6. The molecule has 0 aliphatic carbocycles. The summed E-state index contributed by atoms with van der Waals surface area (Å²) in [5.74, 6) is 0.655. The van der Waals surface area contributed by atoms with Gasteiger partial charge in [0.15, 0.2) is 5.82 Å². The summed E-state index contributed by atoms with van der Waals surface area (Å²) < 4.78 is 18.6. The second-order valence-corrected chi connectivity index (χ2v) is 7.05. The molecule has 1 aliphatic heterocycles. The van der Waals surface area contributed by atoms with Crippen LogP contribution in [0.1, 0.15) is 24.7 Å². The van der Waals surface area contributed by atoms with Crippen LogP contribution in [-0.4, -0.2) is 46.0 Å². The molecule has 0 spiro atoms. The second kappa shape index (κ2) is 8.96. The molecule has 1 N–H and O–H groups in total. The van der Waals surface area contributed by atoms with E-state index < -0.39 is 0 Å². The molecule has 1 saturated heterocycles. The summed E-state index contributed by atoms with van der Waals surface area (Å²) in [5.41, 5.74) is 2.16. The lowest BCUT2D eigenvalue weighted by Crippen LogP contribution is -2.34. The van der Waals surface area contributed by atoms with Crippen molar-refractivity contribution in [2.75, 3.05) is 25.6 Å². The Kier molecular flexibility index (Phi) is 5.94. The van der Waals surface area contributed by atoms with Crippen LogP contribution in [0.15, 0.2) is 54.9 Å². The van der Waals surface area contributed by atoms with Gasteiger partial charge in [-0.15, -0.1) is 0 Å². The van der Waals surface area contributed by atoms with Crippen molar-refractivity contribution in [1.29, 1.82) is 0 Å². The maximum Gasteiger partial charge on any atom is 0.249 e. The van der Waals surface area contributed by atoms with Gasteiger partial charge in [0.25, 0.3) is 0 Å². The van der Waals surface area contributed by atoms with Gasteiger partial charge in [-0.3, -0.25) is 9.78 Å². The third-order valence-electron chi connectivity index (χ3n) is 4.96. The van der Waals surface area contributed by atoms with Gasteiger partial charge >= 0.3 is 0 Å². The summed E-state index contributed by atoms with van der Waals surface area (Å²) in [4.78, 5) is 27.7. The molecule has 1 atom stereocenters. The standard InChI is InChI=1S/C22H22FN5O2/c1-30-14-21(29)28-11-3-6-19(28)22-26-18(15-7-9-24-10-8-15)13-20(27-22)25-17-5-2-4-16(23)12-17/h2,4-5,7-10,12-13,19H,3,6,11,14H2,1H3,(H,25,26,27)/t19-/m0/s1. The van der Waals surface area contributed by atoms with E-state index in [0.717, 1.165) is 18.4 Å². The van der Waals surface area contributed by atoms with Crippen LogP contribution in [0.3, 0.4) is 0 Å². The second-order valence-electron chi connectivity index (χ2n) is 7.05. The number of amides is 1. The van der Waals surface area contributed by atoms with Gasteiger partial charge in [0, 0.05) is 43.4 Å². The molecule has 1 amide bonds. The minimum atomic E-state index is -0.337. The number of anilines is 2. The van der Waals surface area contributed by atoms with Gasteiger partial charge in [-0.25, -0.2) is 14.4 Å². The minimum Gasteiger partial charge on any atom is -0.375 e. The molecule has 30 heavy (non-hydrogen) atoms. The number of benzene rings is 1. The van der Waals surface area contributed by atoms with E-state index in [1.165, 1.54) is 19.2 Å². The van der Waals surface area contributed by atoms with E-state index in [-0.39, 0.29) is 24.4 Å². The van der Waals surface area contributed by atoms with Crippen molar-refractivity contribution >= 4 is 17.4 Å². The molecule has 1 fully saturated rings. The molecule has 3 aromatic rings. The molecular formula is C22H22FN5O2. The monoisotopic (exact) mass is 407 g/mol. The number of likely N-dealkylation sites (tertiary alicyclic amines) is 1. The summed E-state index contributed by atoms with van der Waals surface area (Å²) in [5, 5.41) is 3.15. The van der Waals surface area contributed by atoms with Crippen LogP contribution in [-0.2, 0) is 9.53 Å². The molecule has 1 aromatic carbocycles. The molecule has 1 aliphatic rings. The SMILES string of the molecule is COCC(=O)N1CCC[C@H]1c1nc(Nc2cccc(F)c2)cc(-c2ccncc2)n1. The zero-order chi connectivity index (χ0) is 20.9. The zero-order valence-electron chi connectivity index (χ0n) is 16.6. The van der Waals surface area contributed by atoms with Crippen molar-refractivity contribution in [3.8, 4) is 11.3 Å². The van der Waals surface area contributed by atoms with Gasteiger partial charge in [-0.2, -0.15) is 0 Å². The Bertz CT molecular complexity index is 1030. The average molecular weight is 407 g/mol. The first-order valence-corrected chi connectivity index (χ1v) is 9.74. The van der Waals surface area contributed by atoms with Crippen LogP contribution in [0, 0.1) is 5.82 Å². The number of pyridine rings is 1. The topological polar surface area (TPSA) is 80.2 Å². The predicted octanol–water partition coefficient (Wildman–Crippen LogP) is 3.73. The molecule has 0 bridgehead atoms. The number of methoxy groups -OCH3 is 1. The van der Waals surface area contributed by atoms with Gasteiger partial charge < -0.3 is 15.0 Å². The Morgan fingerprint density at radius 2 is 2.07 bits per heavy atom. The summed E-state index contributed by atoms with van der Waals surface area (Å²) in [6.07, 6.45) is 5.03. The lowest BCUT2D eigenvalue weighted by Gasteiger charge is -2.24. The molecule has 3 heterocycles. The van der Waals surface area contributed by atoms with Gasteiger partial charge in [-0.1, -0.05) is 6.07 Å². The number of nitrogens with zero attached hydrogens (tertiary/aromatic N) is 4. The number of halogens is 1. The number of hydrogen-bond donors (Lipinski definition) is 1. The molecule has 0 radical (unpaired) electrons. The summed E-state index contributed by atoms with van der Waals surface area (Å²) in [6, 6.07) is 11.5. The zero-order valence-corrected chi connectivity index (χ0v) is 16.6. The van der Waals surface area contributed by atoms with E-state index in [0.29, 0.717) is 29.6 Å². The number of carbonyl (C=O) groups excluding carboxylic acids is 1. The highest BCUT2D eigenvalue weighted by atomic mass is 19.1. The minimum absolute atomic E-state index is 0.0228. The Balaban J connectivity index is 1.73. The van der Waals surface area contributed by atoms with Gasteiger partial charge in [0.2, 0.25) is 5.91 Å². The van der Waals surface area contributed by atoms with Gasteiger partial charge in [-0.05, 0) is 43.2 Å². The Morgan fingerprint density at radius 1 is 1.23 bits per heavy atom. The third-order valence-corrected chi connectivity index (χ3v) is 4.96. The van der Waals surface area contributed by atoms with Crippen LogP contribution in [0.25, 0.3) is 11.3 Å². The highest BCUT2D eigenvalue weighted by Gasteiger charge is 2.32. The van der Waals surface area contributed by atoms with Crippen molar-refractivity contribution in [2.24, 2.45) is 0 Å². The quantitative estimate of drug-likeness (QED) is 0.671. The van der Waals surface area contributed by atoms with Gasteiger partial charge in [0.05, 0.1) is 11.7 Å². The van der Waals surface area contributed by atoms with E-state index in [2.05, 4.69) is 15.3 Å². The first-order chi connectivity index (χ1) is 14.6. The molecule has 4 rings (SSSR count). The van der Waals surface area contributed by atoms with E-state index in [1.54, 1.807) is 35.5 Å². The normalized spacial score (nSPS) is 15.9. The molecule has 0 unspecified atom stereocenters. The number of nitrogens with one attached hydrogen (secondary N) is 1. The lowest BCUT2D eigenvalue weighted by atomic mass is 10.1. The van der Waals surface area contributed by atoms with Crippen LogP contribution < -0.4 is 5.32 Å². The Labute approximate surface area is 174 Å². The molecule has 7 nitrogen and oxygen atoms in total. The van der Waals surface area contributed by atoms with E-state index in [4.69, 9.17) is 9.72 Å². The van der Waals surface area contributed by atoms with E-state index in [9.17, 15) is 9.18 Å². The van der Waals surface area contributed by atoms with Crippen LogP contribution in [0.2, 0.25) is 0 Å². The Morgan fingerprint density at radius 3 is 2.83 bits per heavy atom. The lowest BCUT2D eigenvalue weighted by molar-refractivity contribution is -0.136. The fraction of sp³-hybridized carbons (Fsp3) is 0.273. The summed E-state index contributed by atoms with van der Waals surface area (Å²) in [6.45, 7) is 0.664. The van der Waals surface area contributed by atoms with Crippen molar-refractivity contribution in [3.63, 3.8) is 0 Å². The summed E-state index contributed by atoms with van der Waals surface area (Å²) in [7, 11) is 1.50. The van der Waals surface area contributed by atoms with Crippen LogP contribution in [0.5, 0.6) is 0 Å². The van der Waals surface area contributed by atoms with E-state index >= 15 is 0 Å². The third kappa shape index (κ3) is 4.44. The molecule has 2 aromatic heterocycles. The van der Waals surface area contributed by atoms with Crippen molar-refractivity contribution in [3.05, 3.63) is 66.5 Å². The molecule has 0 saturated carbocycles. The van der Waals surface area contributed by atoms with E-state index in [1.807, 2.05) is 12.1 Å². The molecule has 154 valence electrons.